The average Bonchev–Trinajstić information content (AvgIpc) is 2.62. The van der Waals surface area contributed by atoms with Gasteiger partial charge in [-0.05, 0) is 29.7 Å². The number of hydrogen-bond acceptors (Lipinski definition) is 8. The van der Waals surface area contributed by atoms with Gasteiger partial charge < -0.3 is 30.1 Å². The minimum atomic E-state index is -2.69. The summed E-state index contributed by atoms with van der Waals surface area (Å²) in [6, 6.07) is 5.11. The van der Waals surface area contributed by atoms with Crippen LogP contribution in [0.2, 0.25) is 0 Å². The highest BCUT2D eigenvalue weighted by molar-refractivity contribution is 9.10. The van der Waals surface area contributed by atoms with E-state index >= 15 is 0 Å². The topological polar surface area (TPSA) is 147 Å². The maximum Gasteiger partial charge on any atom is 0.488 e. The van der Waals surface area contributed by atoms with Crippen molar-refractivity contribution >= 4 is 42.5 Å². The van der Waals surface area contributed by atoms with Crippen LogP contribution in [0, 0.1) is 0 Å². The van der Waals surface area contributed by atoms with Gasteiger partial charge in [0.15, 0.2) is 0 Å². The zero-order chi connectivity index (χ0) is 21.9. The van der Waals surface area contributed by atoms with Crippen LogP contribution >= 0.6 is 15.9 Å². The van der Waals surface area contributed by atoms with Gasteiger partial charge in [-0.15, -0.1) is 0 Å². The van der Waals surface area contributed by atoms with Gasteiger partial charge in [0.1, 0.15) is 11.4 Å². The fourth-order valence-corrected chi connectivity index (χ4v) is 1.64. The highest BCUT2D eigenvalue weighted by Gasteiger charge is 2.24. The van der Waals surface area contributed by atoms with Gasteiger partial charge in [0.25, 0.3) is 12.9 Å². The lowest BCUT2D eigenvalue weighted by Crippen LogP contribution is -2.35. The molecule has 0 aliphatic heterocycles. The first-order valence-electron chi connectivity index (χ1n) is 7.17. The molecule has 0 amide bonds. The van der Waals surface area contributed by atoms with Crippen LogP contribution in [0.25, 0.3) is 0 Å². The molecule has 0 saturated carbocycles. The van der Waals surface area contributed by atoms with E-state index < -0.39 is 39.7 Å². The molecule has 0 fully saturated rings. The van der Waals surface area contributed by atoms with Crippen molar-refractivity contribution in [3.63, 3.8) is 0 Å². The monoisotopic (exact) mass is 502 g/mol. The van der Waals surface area contributed by atoms with Crippen LogP contribution in [-0.4, -0.2) is 61.2 Å². The molecular formula is C14H22B3BrF4N2O6. The summed E-state index contributed by atoms with van der Waals surface area (Å²) in [6.07, 6.45) is -2.73. The number of pyridine rings is 2. The number of rotatable bonds is 4. The molecule has 2 aromatic heterocycles. The normalized spacial score (nSPS) is 9.23. The van der Waals surface area contributed by atoms with E-state index in [1.807, 2.05) is 0 Å². The Morgan fingerprint density at radius 1 is 0.733 bits per heavy atom. The summed E-state index contributed by atoms with van der Waals surface area (Å²) < 4.78 is 48.3. The van der Waals surface area contributed by atoms with Gasteiger partial charge in [0, 0.05) is 16.9 Å². The molecular weight excluding hydrogens is 480 g/mol. The molecule has 6 N–H and O–H groups in total. The molecule has 30 heavy (non-hydrogen) atoms. The third-order valence-corrected chi connectivity index (χ3v) is 3.05. The minimum Gasteiger partial charge on any atom is -0.429 e. The van der Waals surface area contributed by atoms with E-state index in [1.165, 1.54) is 18.3 Å². The van der Waals surface area contributed by atoms with E-state index in [0.717, 1.165) is 12.3 Å². The van der Waals surface area contributed by atoms with Crippen molar-refractivity contribution in [3.8, 4) is 0 Å². The Morgan fingerprint density at radius 3 is 1.43 bits per heavy atom. The van der Waals surface area contributed by atoms with Crippen molar-refractivity contribution in [1.29, 1.82) is 0 Å². The van der Waals surface area contributed by atoms with Crippen LogP contribution in [0.4, 0.5) is 17.6 Å². The van der Waals surface area contributed by atoms with E-state index in [-0.39, 0.29) is 26.0 Å². The van der Waals surface area contributed by atoms with Crippen molar-refractivity contribution < 1.29 is 47.7 Å². The highest BCUT2D eigenvalue weighted by atomic mass is 79.9. The molecule has 0 atom stereocenters. The van der Waals surface area contributed by atoms with Crippen LogP contribution in [0.15, 0.2) is 41.1 Å². The molecule has 8 nitrogen and oxygen atoms in total. The second kappa shape index (κ2) is 17.2. The van der Waals surface area contributed by atoms with Crippen LogP contribution < -0.4 is 5.46 Å². The zero-order valence-electron chi connectivity index (χ0n) is 13.8. The molecule has 0 bridgehead atoms. The van der Waals surface area contributed by atoms with Crippen molar-refractivity contribution in [2.24, 2.45) is 0 Å². The van der Waals surface area contributed by atoms with Crippen LogP contribution in [0.1, 0.15) is 39.1 Å². The van der Waals surface area contributed by atoms with Crippen molar-refractivity contribution in [3.05, 3.63) is 52.5 Å². The fourth-order valence-electron chi connectivity index (χ4n) is 1.29. The maximum atomic E-state index is 12.0. The van der Waals surface area contributed by atoms with Crippen LogP contribution in [0.5, 0.6) is 0 Å². The lowest BCUT2D eigenvalue weighted by Gasteiger charge is -2.01. The number of nitrogens with zero attached hydrogens (tertiary/aromatic N) is 2. The summed E-state index contributed by atoms with van der Waals surface area (Å²) in [5.74, 6) is 0. The Kier molecular flexibility index (Phi) is 18.9. The summed E-state index contributed by atoms with van der Waals surface area (Å²) in [7, 11) is -5.81. The molecule has 0 spiro atoms. The third kappa shape index (κ3) is 14.4. The number of alkyl halides is 4. The Hall–Kier alpha value is -1.55. The first kappa shape index (κ1) is 33.1. The average molecular weight is 503 g/mol. The van der Waals surface area contributed by atoms with Gasteiger partial charge in [-0.1, -0.05) is 30.8 Å². The van der Waals surface area contributed by atoms with Crippen molar-refractivity contribution in [2.45, 2.75) is 27.7 Å². The second-order valence-electron chi connectivity index (χ2n) is 4.72. The standard InChI is InChI=1S/C6H6BF2NO2.C6H4BrF2N.2CH4.B2H4O4/c8-6(9)5-3-4(7(11)12)1-2-10-5;7-4-1-2-10-5(3-4)6(8)9;;;3-1(4)2(5)6/h1-3,6,11-12H;1-3,6H;2*1H4;3-6H. The second-order valence-corrected chi connectivity index (χ2v) is 5.63. The Labute approximate surface area is 180 Å². The Balaban J connectivity index is -0.000000371. The Bertz CT molecular complexity index is 679. The SMILES string of the molecule is C.C.FC(F)c1cc(Br)ccn1.OB(O)B(O)O.OB(O)c1ccnc(C(F)F)c1. The van der Waals surface area contributed by atoms with Crippen molar-refractivity contribution in [1.82, 2.24) is 9.97 Å². The first-order chi connectivity index (χ1) is 13.0. The summed E-state index contributed by atoms with van der Waals surface area (Å²) in [5, 5.41) is 48.0. The largest absolute Gasteiger partial charge is 0.488 e. The molecule has 0 unspecified atom stereocenters. The fraction of sp³-hybridized carbons (Fsp3) is 0.286. The minimum absolute atomic E-state index is 0. The molecule has 0 aliphatic carbocycles. The van der Waals surface area contributed by atoms with Gasteiger partial charge in [-0.2, -0.15) is 0 Å². The molecule has 2 rings (SSSR count). The maximum absolute atomic E-state index is 12.0. The predicted molar refractivity (Wildman–Crippen MR) is 110 cm³/mol. The van der Waals surface area contributed by atoms with Gasteiger partial charge in [0.05, 0.1) is 0 Å². The van der Waals surface area contributed by atoms with E-state index in [2.05, 4.69) is 25.9 Å². The molecule has 2 aromatic rings. The summed E-state index contributed by atoms with van der Waals surface area (Å²) in [4.78, 5) is 6.81. The molecule has 0 saturated heterocycles. The molecule has 168 valence electrons. The summed E-state index contributed by atoms with van der Waals surface area (Å²) in [5.41, 5.74) is -0.643. The number of halogens is 5. The highest BCUT2D eigenvalue weighted by Crippen LogP contribution is 2.19. The lowest BCUT2D eigenvalue weighted by atomic mass is 9.50. The molecule has 2 heterocycles. The van der Waals surface area contributed by atoms with E-state index in [0.29, 0.717) is 4.47 Å². The van der Waals surface area contributed by atoms with E-state index in [4.69, 9.17) is 30.1 Å². The summed E-state index contributed by atoms with van der Waals surface area (Å²) >= 11 is 3.06. The Morgan fingerprint density at radius 2 is 1.13 bits per heavy atom. The smallest absolute Gasteiger partial charge is 0.429 e. The lowest BCUT2D eigenvalue weighted by molar-refractivity contribution is 0.145. The van der Waals surface area contributed by atoms with Crippen molar-refractivity contribution in [2.75, 3.05) is 0 Å². The third-order valence-electron chi connectivity index (χ3n) is 2.56. The van der Waals surface area contributed by atoms with Gasteiger partial charge in [-0.25, -0.2) is 17.6 Å². The van der Waals surface area contributed by atoms with Crippen LogP contribution in [-0.2, 0) is 0 Å². The summed E-state index contributed by atoms with van der Waals surface area (Å²) in [6.45, 7) is 0. The van der Waals surface area contributed by atoms with Crippen LogP contribution in [0.3, 0.4) is 0 Å². The van der Waals surface area contributed by atoms with Gasteiger partial charge in [0.2, 0.25) is 0 Å². The first-order valence-corrected chi connectivity index (χ1v) is 7.97. The van der Waals surface area contributed by atoms with E-state index in [1.54, 1.807) is 6.07 Å². The van der Waals surface area contributed by atoms with Gasteiger partial charge in [-0.3, -0.25) is 9.97 Å². The number of hydrogen-bond donors (Lipinski definition) is 6. The quantitative estimate of drug-likeness (QED) is 0.265. The molecule has 16 heteroatoms. The zero-order valence-corrected chi connectivity index (χ0v) is 15.4. The van der Waals surface area contributed by atoms with Gasteiger partial charge >= 0.3 is 21.1 Å². The molecule has 0 radical (unpaired) electrons. The van der Waals surface area contributed by atoms with E-state index in [9.17, 15) is 17.6 Å². The molecule has 0 aliphatic rings. The predicted octanol–water partition coefficient (Wildman–Crippen LogP) is 0.763. The number of aromatic nitrogens is 2. The molecule has 0 aromatic carbocycles.